The quantitative estimate of drug-likeness (QED) is 0.212. The Kier molecular flexibility index (Phi) is 5.21. The zero-order valence-electron chi connectivity index (χ0n) is 24.4. The number of hydrogen-bond donors (Lipinski definition) is 0. The Bertz CT molecular complexity index is 2380. The largest absolute Gasteiger partial charge is 0.456 e. The zero-order chi connectivity index (χ0) is 29.4. The highest BCUT2D eigenvalue weighted by molar-refractivity contribution is 6.06. The zero-order valence-corrected chi connectivity index (χ0v) is 24.4. The summed E-state index contributed by atoms with van der Waals surface area (Å²) < 4.78 is 12.7. The first kappa shape index (κ1) is 24.9. The highest BCUT2D eigenvalue weighted by atomic mass is 16.3. The summed E-state index contributed by atoms with van der Waals surface area (Å²) in [5, 5.41) is 2.22. The van der Waals surface area contributed by atoms with E-state index in [4.69, 9.17) is 13.8 Å². The smallest absolute Gasteiger partial charge is 0.227 e. The van der Waals surface area contributed by atoms with E-state index in [2.05, 4.69) is 104 Å². The summed E-state index contributed by atoms with van der Waals surface area (Å²) in [6, 6.07) is 46.6. The highest BCUT2D eigenvalue weighted by Crippen LogP contribution is 2.51. The van der Waals surface area contributed by atoms with Gasteiger partial charge in [-0.1, -0.05) is 80.6 Å². The van der Waals surface area contributed by atoms with Gasteiger partial charge in [-0.05, 0) is 76.9 Å². The second kappa shape index (κ2) is 9.19. The molecule has 0 saturated carbocycles. The number of anilines is 3. The lowest BCUT2D eigenvalue weighted by Crippen LogP contribution is -2.16. The van der Waals surface area contributed by atoms with Crippen LogP contribution in [0.2, 0.25) is 0 Å². The molecule has 44 heavy (non-hydrogen) atoms. The maximum absolute atomic E-state index is 6.33. The number of benzene rings is 6. The van der Waals surface area contributed by atoms with Crippen LogP contribution in [0.3, 0.4) is 0 Å². The van der Waals surface area contributed by atoms with Gasteiger partial charge in [-0.3, -0.25) is 0 Å². The van der Waals surface area contributed by atoms with Crippen LogP contribution in [0.5, 0.6) is 0 Å². The van der Waals surface area contributed by atoms with Crippen molar-refractivity contribution in [1.29, 1.82) is 0 Å². The molecular weight excluding hydrogens is 540 g/mol. The maximum atomic E-state index is 6.33. The van der Waals surface area contributed by atoms with Crippen LogP contribution >= 0.6 is 0 Å². The third-order valence-corrected chi connectivity index (χ3v) is 9.10. The van der Waals surface area contributed by atoms with Gasteiger partial charge in [0.25, 0.3) is 0 Å². The van der Waals surface area contributed by atoms with Crippen LogP contribution < -0.4 is 4.90 Å². The van der Waals surface area contributed by atoms with Gasteiger partial charge in [0.1, 0.15) is 16.7 Å². The van der Waals surface area contributed by atoms with Gasteiger partial charge in [0, 0.05) is 50.9 Å². The van der Waals surface area contributed by atoms with Crippen LogP contribution in [0, 0.1) is 0 Å². The van der Waals surface area contributed by atoms with Crippen LogP contribution in [0.25, 0.3) is 55.6 Å². The monoisotopic (exact) mass is 568 g/mol. The minimum Gasteiger partial charge on any atom is -0.456 e. The molecule has 0 saturated heterocycles. The molecule has 0 bridgehead atoms. The standard InChI is InChI=1S/C40H28N2O2/c1-40(2)33-14-8-6-12-29(33)30-19-16-26(22-34(30)40)42(27-17-20-32-31-13-7-9-15-36(31)43-37(32)23-27)28-18-21-35-38(24-28)44-39(41-35)25-10-4-3-5-11-25/h3-24H,1-2H3. The summed E-state index contributed by atoms with van der Waals surface area (Å²) in [6.07, 6.45) is 0. The van der Waals surface area contributed by atoms with Crippen molar-refractivity contribution < 1.29 is 8.83 Å². The van der Waals surface area contributed by atoms with E-state index in [1.54, 1.807) is 0 Å². The Morgan fingerprint density at radius 2 is 1.18 bits per heavy atom. The maximum Gasteiger partial charge on any atom is 0.227 e. The number of nitrogens with zero attached hydrogens (tertiary/aromatic N) is 2. The Hall–Kier alpha value is -5.61. The lowest BCUT2D eigenvalue weighted by Gasteiger charge is -2.28. The molecule has 1 aliphatic rings. The number of oxazole rings is 1. The molecule has 0 fully saturated rings. The van der Waals surface area contributed by atoms with Gasteiger partial charge in [0.15, 0.2) is 5.58 Å². The molecule has 6 aromatic carbocycles. The summed E-state index contributed by atoms with van der Waals surface area (Å²) in [6.45, 7) is 4.63. The Morgan fingerprint density at radius 3 is 2.07 bits per heavy atom. The Morgan fingerprint density at radius 1 is 0.523 bits per heavy atom. The van der Waals surface area contributed by atoms with Gasteiger partial charge in [0.05, 0.1) is 0 Å². The SMILES string of the molecule is CC1(C)c2ccccc2-c2ccc(N(c3ccc4nc(-c5ccccc5)oc4c3)c3ccc4c(c3)oc3ccccc34)cc21. The van der Waals surface area contributed by atoms with Gasteiger partial charge >= 0.3 is 0 Å². The minimum absolute atomic E-state index is 0.115. The molecule has 0 N–H and O–H groups in total. The first-order valence-electron chi connectivity index (χ1n) is 15.0. The van der Waals surface area contributed by atoms with Crippen LogP contribution in [0.1, 0.15) is 25.0 Å². The highest BCUT2D eigenvalue weighted by Gasteiger charge is 2.35. The Balaban J connectivity index is 1.24. The van der Waals surface area contributed by atoms with Gasteiger partial charge in [0.2, 0.25) is 5.89 Å². The predicted molar refractivity (Wildman–Crippen MR) is 179 cm³/mol. The number of hydrogen-bond acceptors (Lipinski definition) is 4. The molecule has 0 amide bonds. The fourth-order valence-corrected chi connectivity index (χ4v) is 6.89. The van der Waals surface area contributed by atoms with E-state index in [1.807, 2.05) is 48.5 Å². The number of para-hydroxylation sites is 1. The van der Waals surface area contributed by atoms with Gasteiger partial charge < -0.3 is 13.7 Å². The second-order valence-corrected chi connectivity index (χ2v) is 12.1. The van der Waals surface area contributed by atoms with E-state index in [9.17, 15) is 0 Å². The van der Waals surface area contributed by atoms with Crippen molar-refractivity contribution in [3.05, 3.63) is 145 Å². The second-order valence-electron chi connectivity index (χ2n) is 12.1. The summed E-state index contributed by atoms with van der Waals surface area (Å²) in [5.41, 5.74) is 12.5. The molecule has 0 unspecified atom stereocenters. The molecule has 4 nitrogen and oxygen atoms in total. The first-order chi connectivity index (χ1) is 21.5. The number of rotatable bonds is 4. The first-order valence-corrected chi connectivity index (χ1v) is 15.0. The lowest BCUT2D eigenvalue weighted by atomic mass is 9.82. The van der Waals surface area contributed by atoms with E-state index < -0.39 is 0 Å². The fourth-order valence-electron chi connectivity index (χ4n) is 6.89. The lowest BCUT2D eigenvalue weighted by molar-refractivity contribution is 0.620. The molecule has 2 heterocycles. The fraction of sp³-hybridized carbons (Fsp3) is 0.0750. The van der Waals surface area contributed by atoms with E-state index in [0.717, 1.165) is 55.7 Å². The van der Waals surface area contributed by atoms with Crippen molar-refractivity contribution in [3.63, 3.8) is 0 Å². The molecule has 9 rings (SSSR count). The third kappa shape index (κ3) is 3.67. The van der Waals surface area contributed by atoms with Crippen molar-refractivity contribution in [2.24, 2.45) is 0 Å². The molecule has 8 aromatic rings. The normalized spacial score (nSPS) is 13.4. The average molecular weight is 569 g/mol. The molecule has 0 spiro atoms. The molecule has 4 heteroatoms. The topological polar surface area (TPSA) is 42.4 Å². The summed E-state index contributed by atoms with van der Waals surface area (Å²) >= 11 is 0. The minimum atomic E-state index is -0.115. The van der Waals surface area contributed by atoms with Crippen LogP contribution in [-0.4, -0.2) is 4.98 Å². The third-order valence-electron chi connectivity index (χ3n) is 9.10. The molecule has 2 aromatic heterocycles. The Labute approximate surface area is 254 Å². The molecular formula is C40H28N2O2. The predicted octanol–water partition coefficient (Wildman–Crippen LogP) is 11.2. The molecule has 0 aliphatic heterocycles. The van der Waals surface area contributed by atoms with E-state index >= 15 is 0 Å². The van der Waals surface area contributed by atoms with Crippen molar-refractivity contribution in [1.82, 2.24) is 4.98 Å². The van der Waals surface area contributed by atoms with Crippen LogP contribution in [-0.2, 0) is 5.41 Å². The van der Waals surface area contributed by atoms with E-state index in [-0.39, 0.29) is 5.41 Å². The van der Waals surface area contributed by atoms with Crippen molar-refractivity contribution in [2.75, 3.05) is 4.90 Å². The van der Waals surface area contributed by atoms with E-state index in [0.29, 0.717) is 5.89 Å². The molecule has 0 atom stereocenters. The van der Waals surface area contributed by atoms with Crippen molar-refractivity contribution in [3.8, 4) is 22.6 Å². The van der Waals surface area contributed by atoms with Gasteiger partial charge in [-0.2, -0.15) is 0 Å². The van der Waals surface area contributed by atoms with E-state index in [1.165, 1.54) is 22.3 Å². The molecule has 210 valence electrons. The van der Waals surface area contributed by atoms with Gasteiger partial charge in [-0.25, -0.2) is 4.98 Å². The summed E-state index contributed by atoms with van der Waals surface area (Å²) in [7, 11) is 0. The molecule has 1 aliphatic carbocycles. The number of fused-ring (bicyclic) bond motifs is 7. The molecule has 0 radical (unpaired) electrons. The van der Waals surface area contributed by atoms with Crippen molar-refractivity contribution >= 4 is 50.1 Å². The summed E-state index contributed by atoms with van der Waals surface area (Å²) in [4.78, 5) is 7.07. The van der Waals surface area contributed by atoms with Crippen LogP contribution in [0.4, 0.5) is 17.1 Å². The van der Waals surface area contributed by atoms with Crippen molar-refractivity contribution in [2.45, 2.75) is 19.3 Å². The van der Waals surface area contributed by atoms with Gasteiger partial charge in [-0.15, -0.1) is 0 Å². The number of aromatic nitrogens is 1. The van der Waals surface area contributed by atoms with Crippen LogP contribution in [0.15, 0.2) is 142 Å². The number of furan rings is 1. The summed E-state index contributed by atoms with van der Waals surface area (Å²) in [5.74, 6) is 0.616. The average Bonchev–Trinajstić information content (AvgIpc) is 3.72.